The largest absolute Gasteiger partial charge is 0.476 e. The van der Waals surface area contributed by atoms with Gasteiger partial charge < -0.3 is 29.2 Å². The van der Waals surface area contributed by atoms with Gasteiger partial charge in [-0.3, -0.25) is 24.1 Å². The average Bonchev–Trinajstić information content (AvgIpc) is 3.23. The highest BCUT2D eigenvalue weighted by atomic mass is 16.6. The number of likely N-dealkylation sites (N-methyl/N-ethyl adjacent to an activating group) is 1. The summed E-state index contributed by atoms with van der Waals surface area (Å²) in [6.45, 7) is 11.8. The molecule has 7 aliphatic rings. The molecule has 4 saturated heterocycles. The second kappa shape index (κ2) is 8.52. The SMILES string of the molecule is CC(=O)Oc1c2c(c3c(c1OC(C)=O)[C@]1(C[C@@]45CN6CCCC[C@]6(C[C@H]4C1(C)C)C(=O)N5C)C(=O)N3)OC=CC(C)(C)O2. The molecule has 0 radical (unpaired) electrons. The van der Waals surface area contributed by atoms with Gasteiger partial charge >= 0.3 is 11.9 Å². The molecule has 2 amide bonds. The molecule has 1 aromatic carbocycles. The van der Waals surface area contributed by atoms with Crippen LogP contribution in [-0.4, -0.2) is 70.4 Å². The molecule has 0 aromatic heterocycles. The fourth-order valence-electron chi connectivity index (χ4n) is 9.46. The highest BCUT2D eigenvalue weighted by Gasteiger charge is 2.79. The summed E-state index contributed by atoms with van der Waals surface area (Å²) >= 11 is 0. The maximum atomic E-state index is 14.7. The Morgan fingerprint density at radius 1 is 1.02 bits per heavy atom. The fraction of sp³-hybridized carbons (Fsp3) is 0.625. The molecule has 5 fully saturated rings. The number of fused-ring (bicyclic) bond motifs is 5. The molecule has 11 heteroatoms. The molecular formula is C32H39N3O8. The first-order chi connectivity index (χ1) is 20.1. The van der Waals surface area contributed by atoms with E-state index >= 15 is 0 Å². The van der Waals surface area contributed by atoms with E-state index in [1.165, 1.54) is 20.1 Å². The van der Waals surface area contributed by atoms with E-state index in [2.05, 4.69) is 24.1 Å². The fourth-order valence-corrected chi connectivity index (χ4v) is 9.46. The molecule has 8 rings (SSSR count). The molecule has 1 saturated carbocycles. The number of carbonyl (C=O) groups is 4. The van der Waals surface area contributed by atoms with Crippen LogP contribution in [0, 0.1) is 11.3 Å². The third kappa shape index (κ3) is 3.34. The van der Waals surface area contributed by atoms with Crippen molar-refractivity contribution in [1.29, 1.82) is 0 Å². The number of anilines is 1. The summed E-state index contributed by atoms with van der Waals surface area (Å²) in [5, 5.41) is 3.09. The van der Waals surface area contributed by atoms with Gasteiger partial charge in [-0.05, 0) is 69.9 Å². The van der Waals surface area contributed by atoms with Crippen LogP contribution in [0.25, 0.3) is 0 Å². The number of piperidine rings is 3. The minimum atomic E-state index is -1.26. The van der Waals surface area contributed by atoms with Crippen molar-refractivity contribution in [2.75, 3.05) is 25.5 Å². The maximum Gasteiger partial charge on any atom is 0.308 e. The van der Waals surface area contributed by atoms with Crippen LogP contribution < -0.4 is 24.3 Å². The Kier molecular flexibility index (Phi) is 5.58. The zero-order valence-electron chi connectivity index (χ0n) is 25.8. The summed E-state index contributed by atoms with van der Waals surface area (Å²) in [5.41, 5.74) is -3.36. The Bertz CT molecular complexity index is 1550. The molecule has 4 atom stereocenters. The predicted molar refractivity (Wildman–Crippen MR) is 154 cm³/mol. The first-order valence-corrected chi connectivity index (χ1v) is 15.1. The van der Waals surface area contributed by atoms with Crippen molar-refractivity contribution < 1.29 is 38.1 Å². The Balaban J connectivity index is 1.52. The maximum absolute atomic E-state index is 14.7. The van der Waals surface area contributed by atoms with Crippen molar-refractivity contribution in [2.24, 2.45) is 11.3 Å². The van der Waals surface area contributed by atoms with Crippen LogP contribution in [0.5, 0.6) is 23.0 Å². The average molecular weight is 594 g/mol. The lowest BCUT2D eigenvalue weighted by Gasteiger charge is -2.67. The molecule has 43 heavy (non-hydrogen) atoms. The van der Waals surface area contributed by atoms with E-state index in [4.69, 9.17) is 18.9 Å². The van der Waals surface area contributed by atoms with Crippen molar-refractivity contribution in [3.8, 4) is 23.0 Å². The van der Waals surface area contributed by atoms with Gasteiger partial charge in [-0.1, -0.05) is 13.8 Å². The van der Waals surface area contributed by atoms with Gasteiger partial charge in [-0.15, -0.1) is 0 Å². The van der Waals surface area contributed by atoms with Crippen molar-refractivity contribution in [2.45, 2.75) is 95.7 Å². The van der Waals surface area contributed by atoms with Gasteiger partial charge in [-0.25, -0.2) is 0 Å². The van der Waals surface area contributed by atoms with Crippen molar-refractivity contribution in [3.05, 3.63) is 17.9 Å². The van der Waals surface area contributed by atoms with Crippen LogP contribution in [0.2, 0.25) is 0 Å². The molecule has 230 valence electrons. The van der Waals surface area contributed by atoms with Crippen LogP contribution >= 0.6 is 0 Å². The molecule has 3 spiro atoms. The smallest absolute Gasteiger partial charge is 0.308 e. The van der Waals surface area contributed by atoms with E-state index in [-0.39, 0.29) is 40.7 Å². The summed E-state index contributed by atoms with van der Waals surface area (Å²) in [5.74, 6) is -1.43. The summed E-state index contributed by atoms with van der Waals surface area (Å²) < 4.78 is 24.1. The van der Waals surface area contributed by atoms with Crippen molar-refractivity contribution >= 4 is 29.4 Å². The number of nitrogens with one attached hydrogen (secondary N) is 1. The third-order valence-electron chi connectivity index (χ3n) is 11.3. The van der Waals surface area contributed by atoms with Crippen LogP contribution in [0.4, 0.5) is 5.69 Å². The van der Waals surface area contributed by atoms with Gasteiger partial charge in [0.1, 0.15) is 11.1 Å². The third-order valence-corrected chi connectivity index (χ3v) is 11.3. The minimum Gasteiger partial charge on any atom is -0.476 e. The van der Waals surface area contributed by atoms with Crippen molar-refractivity contribution in [3.63, 3.8) is 0 Å². The number of ether oxygens (including phenoxy) is 4. The van der Waals surface area contributed by atoms with E-state index in [1.807, 2.05) is 11.9 Å². The number of piperazine rings is 1. The number of carbonyl (C=O) groups excluding carboxylic acids is 4. The van der Waals surface area contributed by atoms with E-state index in [1.54, 1.807) is 19.9 Å². The van der Waals surface area contributed by atoms with E-state index in [9.17, 15) is 19.2 Å². The summed E-state index contributed by atoms with van der Waals surface area (Å²) in [6, 6.07) is 0. The molecular weight excluding hydrogens is 554 g/mol. The van der Waals surface area contributed by atoms with Gasteiger partial charge in [0.2, 0.25) is 23.3 Å². The Morgan fingerprint density at radius 2 is 1.72 bits per heavy atom. The highest BCUT2D eigenvalue weighted by molar-refractivity contribution is 6.12. The zero-order valence-corrected chi connectivity index (χ0v) is 25.8. The molecule has 1 N–H and O–H groups in total. The number of nitrogens with zero attached hydrogens (tertiary/aromatic N) is 2. The molecule has 0 unspecified atom stereocenters. The second-order valence-electron chi connectivity index (χ2n) is 14.3. The first kappa shape index (κ1) is 28.2. The lowest BCUT2D eigenvalue weighted by Crippen LogP contribution is -2.80. The Morgan fingerprint density at radius 3 is 2.42 bits per heavy atom. The molecule has 1 aliphatic carbocycles. The number of amides is 2. The van der Waals surface area contributed by atoms with Gasteiger partial charge in [0.25, 0.3) is 0 Å². The van der Waals surface area contributed by atoms with Crippen molar-refractivity contribution in [1.82, 2.24) is 9.80 Å². The summed E-state index contributed by atoms with van der Waals surface area (Å²) in [4.78, 5) is 58.3. The first-order valence-electron chi connectivity index (χ1n) is 15.1. The van der Waals surface area contributed by atoms with Crippen LogP contribution in [-0.2, 0) is 24.6 Å². The molecule has 6 heterocycles. The Labute approximate surface area is 250 Å². The van der Waals surface area contributed by atoms with Gasteiger partial charge in [0.15, 0.2) is 11.5 Å². The van der Waals surface area contributed by atoms with E-state index in [0.29, 0.717) is 30.6 Å². The van der Waals surface area contributed by atoms with E-state index in [0.717, 1.165) is 25.8 Å². The number of hydrogen-bond donors (Lipinski definition) is 1. The van der Waals surface area contributed by atoms with Gasteiger partial charge in [0, 0.05) is 33.0 Å². The monoisotopic (exact) mass is 593 g/mol. The lowest BCUT2D eigenvalue weighted by molar-refractivity contribution is -0.196. The normalized spacial score (nSPS) is 34.3. The minimum absolute atomic E-state index is 0.0362. The number of rotatable bonds is 2. The number of hydrogen-bond acceptors (Lipinski definition) is 9. The highest BCUT2D eigenvalue weighted by Crippen LogP contribution is 2.74. The number of esters is 2. The molecule has 11 nitrogen and oxygen atoms in total. The van der Waals surface area contributed by atoms with E-state index < -0.39 is 39.4 Å². The second-order valence-corrected chi connectivity index (χ2v) is 14.3. The lowest BCUT2D eigenvalue weighted by atomic mass is 9.56. The molecule has 6 aliphatic heterocycles. The molecule has 2 bridgehead atoms. The Hall–Kier alpha value is -3.60. The van der Waals surface area contributed by atoms with Crippen LogP contribution in [0.1, 0.15) is 79.2 Å². The standard InChI is InChI=1S/C32H39N3O8/c1-17(36)41-22-20-21(23-25(24(22)42-18(2)37)43-28(3,4)11-13-40-23)33-26(38)32(20)15-31-16-35-12-9-8-10-30(35,27(39)34(31)7)14-19(31)29(32,5)6/h11,13,19H,8-10,12,14-16H2,1-7H3,(H,33,38)/t19-,30-,31+,32+/m0/s1. The summed E-state index contributed by atoms with van der Waals surface area (Å²) in [7, 11) is 1.88. The zero-order chi connectivity index (χ0) is 30.9. The number of benzene rings is 1. The van der Waals surface area contributed by atoms with Crippen LogP contribution in [0.15, 0.2) is 12.3 Å². The summed E-state index contributed by atoms with van der Waals surface area (Å²) in [6.07, 6.45) is 6.96. The quantitative estimate of drug-likeness (QED) is 0.404. The van der Waals surface area contributed by atoms with Gasteiger partial charge in [-0.2, -0.15) is 0 Å². The van der Waals surface area contributed by atoms with Crippen LogP contribution in [0.3, 0.4) is 0 Å². The van der Waals surface area contributed by atoms with Gasteiger partial charge in [0.05, 0.1) is 22.9 Å². The predicted octanol–water partition coefficient (Wildman–Crippen LogP) is 3.68. The molecule has 1 aromatic rings. The topological polar surface area (TPSA) is 124 Å².